The molecule has 0 spiro atoms. The molecule has 6 rings (SSSR count). The molecule has 2 aliphatic heterocycles. The molecule has 1 N–H and O–H groups in total. The Morgan fingerprint density at radius 1 is 1.15 bits per heavy atom. The van der Waals surface area contributed by atoms with Crippen molar-refractivity contribution in [3.8, 4) is 11.3 Å². The summed E-state index contributed by atoms with van der Waals surface area (Å²) in [5.41, 5.74) is 3.10. The lowest BCUT2D eigenvalue weighted by Crippen LogP contribution is -2.39. The van der Waals surface area contributed by atoms with Crippen LogP contribution in [-0.4, -0.2) is 76.5 Å². The van der Waals surface area contributed by atoms with Crippen LogP contribution in [0.15, 0.2) is 30.5 Å². The first-order valence-corrected chi connectivity index (χ1v) is 12.0. The van der Waals surface area contributed by atoms with E-state index in [-0.39, 0.29) is 6.10 Å². The Morgan fingerprint density at radius 2 is 2.00 bits per heavy atom. The normalized spacial score (nSPS) is 27.1. The summed E-state index contributed by atoms with van der Waals surface area (Å²) in [6.45, 7) is 13.0. The van der Waals surface area contributed by atoms with E-state index >= 15 is 0 Å². The van der Waals surface area contributed by atoms with Crippen molar-refractivity contribution in [3.63, 3.8) is 0 Å². The zero-order valence-electron chi connectivity index (χ0n) is 19.4. The molecule has 3 aliphatic rings. The topological polar surface area (TPSA) is 81.7 Å². The van der Waals surface area contributed by atoms with Crippen LogP contribution in [0.3, 0.4) is 0 Å². The molecule has 2 saturated heterocycles. The zero-order valence-corrected chi connectivity index (χ0v) is 19.4. The molecular formula is C25H29N7O2. The van der Waals surface area contributed by atoms with E-state index < -0.39 is 0 Å². The van der Waals surface area contributed by atoms with Gasteiger partial charge in [-0.25, -0.2) is 4.85 Å². The highest BCUT2D eigenvalue weighted by molar-refractivity contribution is 5.84. The number of aryl methyl sites for hydroxylation is 1. The van der Waals surface area contributed by atoms with Gasteiger partial charge in [0.25, 0.3) is 0 Å². The number of rotatable bonds is 5. The van der Waals surface area contributed by atoms with Crippen LogP contribution in [0, 0.1) is 18.4 Å². The van der Waals surface area contributed by atoms with Gasteiger partial charge in [0.15, 0.2) is 5.82 Å². The van der Waals surface area contributed by atoms with Crippen molar-refractivity contribution in [1.29, 1.82) is 0 Å². The standard InChI is InChI=1S/C25H29N7O2/c1-26-24-10-23(16-3-4-22-19(7-16)11-31(2)30-22)28-29-25(24)27-20-8-17-12-32(13-18(17)9-20)14-21-15-33-5-6-34-21/h3-4,7,10-11,17-18,20-21H,5-6,8-9,12-15H2,2H3,(H,27,29)/t17-,18+,20?,21-/m1/s1. The van der Waals surface area contributed by atoms with Crippen LogP contribution in [-0.2, 0) is 16.5 Å². The molecule has 1 saturated carbocycles. The van der Waals surface area contributed by atoms with Crippen LogP contribution >= 0.6 is 0 Å². The van der Waals surface area contributed by atoms with E-state index in [2.05, 4.69) is 30.4 Å². The number of hydrogen-bond acceptors (Lipinski definition) is 7. The molecule has 34 heavy (non-hydrogen) atoms. The molecule has 2 aromatic heterocycles. The average Bonchev–Trinajstić information content (AvgIpc) is 3.51. The quantitative estimate of drug-likeness (QED) is 0.587. The summed E-state index contributed by atoms with van der Waals surface area (Å²) in [5, 5.41) is 17.9. The second kappa shape index (κ2) is 8.95. The Hall–Kier alpha value is -3.06. The molecule has 0 radical (unpaired) electrons. The fourth-order valence-electron chi connectivity index (χ4n) is 5.81. The number of fused-ring (bicyclic) bond motifs is 2. The van der Waals surface area contributed by atoms with Gasteiger partial charge in [-0.1, -0.05) is 6.07 Å². The zero-order chi connectivity index (χ0) is 23.1. The van der Waals surface area contributed by atoms with Crippen molar-refractivity contribution in [3.05, 3.63) is 41.9 Å². The Kier molecular flexibility index (Phi) is 5.65. The van der Waals surface area contributed by atoms with E-state index in [4.69, 9.17) is 16.0 Å². The van der Waals surface area contributed by atoms with E-state index in [1.165, 1.54) is 0 Å². The number of likely N-dealkylation sites (tertiary alicyclic amines) is 1. The van der Waals surface area contributed by atoms with Gasteiger partial charge < -0.3 is 19.7 Å². The first-order valence-electron chi connectivity index (χ1n) is 12.0. The van der Waals surface area contributed by atoms with Crippen LogP contribution in [0.1, 0.15) is 12.8 Å². The van der Waals surface area contributed by atoms with Crippen LogP contribution in [0.4, 0.5) is 11.5 Å². The van der Waals surface area contributed by atoms with Crippen molar-refractivity contribution >= 4 is 22.4 Å². The van der Waals surface area contributed by atoms with Gasteiger partial charge in [-0.2, -0.15) is 10.2 Å². The molecule has 176 valence electrons. The first kappa shape index (κ1) is 21.5. The highest BCUT2D eigenvalue weighted by atomic mass is 16.6. The van der Waals surface area contributed by atoms with Gasteiger partial charge in [-0.05, 0) is 42.9 Å². The molecule has 3 fully saturated rings. The number of nitrogens with one attached hydrogen (secondary N) is 1. The summed E-state index contributed by atoms with van der Waals surface area (Å²) in [4.78, 5) is 6.28. The second-order valence-corrected chi connectivity index (χ2v) is 9.77. The van der Waals surface area contributed by atoms with Gasteiger partial charge in [-0.3, -0.25) is 4.68 Å². The highest BCUT2D eigenvalue weighted by Gasteiger charge is 2.41. The number of aromatic nitrogens is 4. The molecule has 1 aliphatic carbocycles. The molecule has 4 atom stereocenters. The predicted octanol–water partition coefficient (Wildman–Crippen LogP) is 3.12. The maximum Gasteiger partial charge on any atom is 0.232 e. The summed E-state index contributed by atoms with van der Waals surface area (Å²) < 4.78 is 13.2. The fourth-order valence-corrected chi connectivity index (χ4v) is 5.81. The minimum Gasteiger partial charge on any atom is -0.376 e. The van der Waals surface area contributed by atoms with Gasteiger partial charge in [0, 0.05) is 49.9 Å². The van der Waals surface area contributed by atoms with Crippen LogP contribution in [0.25, 0.3) is 27.0 Å². The average molecular weight is 460 g/mol. The minimum atomic E-state index is 0.204. The second-order valence-electron chi connectivity index (χ2n) is 9.77. The largest absolute Gasteiger partial charge is 0.376 e. The highest BCUT2D eigenvalue weighted by Crippen LogP contribution is 2.40. The molecule has 1 aromatic carbocycles. The van der Waals surface area contributed by atoms with Crippen molar-refractivity contribution in [2.45, 2.75) is 25.0 Å². The Morgan fingerprint density at radius 3 is 2.76 bits per heavy atom. The van der Waals surface area contributed by atoms with Crippen molar-refractivity contribution in [2.24, 2.45) is 18.9 Å². The van der Waals surface area contributed by atoms with Crippen molar-refractivity contribution in [2.75, 3.05) is 44.8 Å². The first-order chi connectivity index (χ1) is 16.6. The van der Waals surface area contributed by atoms with Gasteiger partial charge in [0.2, 0.25) is 5.69 Å². The lowest BCUT2D eigenvalue weighted by molar-refractivity contribution is -0.0964. The summed E-state index contributed by atoms with van der Waals surface area (Å²) in [7, 11) is 1.91. The summed E-state index contributed by atoms with van der Waals surface area (Å²) in [6, 6.07) is 8.17. The molecule has 0 amide bonds. The third kappa shape index (κ3) is 4.25. The summed E-state index contributed by atoms with van der Waals surface area (Å²) in [5.74, 6) is 1.95. The molecule has 0 bridgehead atoms. The third-order valence-corrected chi connectivity index (χ3v) is 7.32. The Balaban J connectivity index is 1.10. The lowest BCUT2D eigenvalue weighted by atomic mass is 10.0. The van der Waals surface area contributed by atoms with Crippen molar-refractivity contribution < 1.29 is 9.47 Å². The van der Waals surface area contributed by atoms with E-state index in [9.17, 15) is 0 Å². The number of benzene rings is 1. The van der Waals surface area contributed by atoms with E-state index in [1.54, 1.807) is 4.68 Å². The van der Waals surface area contributed by atoms with E-state index in [1.807, 2.05) is 37.5 Å². The number of anilines is 1. The molecule has 4 heterocycles. The maximum absolute atomic E-state index is 7.70. The van der Waals surface area contributed by atoms with E-state index in [0.29, 0.717) is 54.9 Å². The van der Waals surface area contributed by atoms with Gasteiger partial charge in [-0.15, -0.1) is 5.10 Å². The van der Waals surface area contributed by atoms with Crippen LogP contribution < -0.4 is 5.32 Å². The molecular weight excluding hydrogens is 430 g/mol. The number of hydrogen-bond donors (Lipinski definition) is 1. The summed E-state index contributed by atoms with van der Waals surface area (Å²) >= 11 is 0. The van der Waals surface area contributed by atoms with E-state index in [0.717, 1.165) is 48.9 Å². The fraction of sp³-hybridized carbons (Fsp3) is 0.520. The smallest absolute Gasteiger partial charge is 0.232 e. The number of nitrogens with zero attached hydrogens (tertiary/aromatic N) is 6. The minimum absolute atomic E-state index is 0.204. The molecule has 9 nitrogen and oxygen atoms in total. The van der Waals surface area contributed by atoms with Crippen LogP contribution in [0.2, 0.25) is 0 Å². The molecule has 9 heteroatoms. The maximum atomic E-state index is 7.70. The van der Waals surface area contributed by atoms with Crippen LogP contribution in [0.5, 0.6) is 0 Å². The number of ether oxygens (including phenoxy) is 2. The Bertz CT molecular complexity index is 1220. The molecule has 3 aromatic rings. The van der Waals surface area contributed by atoms with Gasteiger partial charge >= 0.3 is 0 Å². The van der Waals surface area contributed by atoms with Gasteiger partial charge in [0.1, 0.15) is 0 Å². The monoisotopic (exact) mass is 459 g/mol. The SMILES string of the molecule is [C-]#[N+]c1cc(-c2ccc3nn(C)cc3c2)nnc1NC1C[C@@H]2CN(C[C@@H]3COCCO3)C[C@@H]2C1. The third-order valence-electron chi connectivity index (χ3n) is 7.32. The Labute approximate surface area is 198 Å². The van der Waals surface area contributed by atoms with Gasteiger partial charge in [0.05, 0.1) is 43.7 Å². The lowest BCUT2D eigenvalue weighted by Gasteiger charge is -2.28. The van der Waals surface area contributed by atoms with Crippen molar-refractivity contribution in [1.82, 2.24) is 24.9 Å². The summed E-state index contributed by atoms with van der Waals surface area (Å²) in [6.07, 6.45) is 4.38. The predicted molar refractivity (Wildman–Crippen MR) is 129 cm³/mol. The molecule has 1 unspecified atom stereocenters.